The van der Waals surface area contributed by atoms with Crippen molar-refractivity contribution in [1.29, 1.82) is 0 Å². The SMILES string of the molecule is CCSc1ccc(-c2cncc3cc(/C=C4/SC(=O)NC4=O)oc23)cc1. The standard InChI is InChI=1S/C19H14N2O3S2/c1-2-25-14-5-3-11(4-6-14)15-10-20-9-12-7-13(24-17(12)15)8-16-18(22)21-19(23)26-16/h3-10H,2H2,1H3,(H,21,22,23)/b16-8+. The molecule has 1 fully saturated rings. The summed E-state index contributed by atoms with van der Waals surface area (Å²) in [4.78, 5) is 28.8. The second-order valence-corrected chi connectivity index (χ2v) is 7.92. The summed E-state index contributed by atoms with van der Waals surface area (Å²) < 4.78 is 5.95. The van der Waals surface area contributed by atoms with Crippen LogP contribution in [0.3, 0.4) is 0 Å². The van der Waals surface area contributed by atoms with Gasteiger partial charge in [-0.25, -0.2) is 0 Å². The predicted octanol–water partition coefficient (Wildman–Crippen LogP) is 4.93. The lowest BCUT2D eigenvalue weighted by Crippen LogP contribution is -2.17. The molecular weight excluding hydrogens is 368 g/mol. The predicted molar refractivity (Wildman–Crippen MR) is 105 cm³/mol. The van der Waals surface area contributed by atoms with Gasteiger partial charge in [-0.2, -0.15) is 0 Å². The van der Waals surface area contributed by atoms with E-state index in [0.29, 0.717) is 16.2 Å². The molecule has 1 aromatic carbocycles. The van der Waals surface area contributed by atoms with Crippen LogP contribution in [-0.4, -0.2) is 21.9 Å². The third kappa shape index (κ3) is 3.27. The first-order valence-electron chi connectivity index (χ1n) is 7.99. The molecule has 0 unspecified atom stereocenters. The van der Waals surface area contributed by atoms with Crippen molar-refractivity contribution in [3.63, 3.8) is 0 Å². The number of nitrogens with zero attached hydrogens (tertiary/aromatic N) is 1. The summed E-state index contributed by atoms with van der Waals surface area (Å²) in [6, 6.07) is 10.1. The maximum absolute atomic E-state index is 11.7. The van der Waals surface area contributed by atoms with Crippen LogP contribution in [0.25, 0.3) is 28.2 Å². The Morgan fingerprint density at radius 3 is 2.73 bits per heavy atom. The maximum atomic E-state index is 11.7. The number of hydrogen-bond donors (Lipinski definition) is 1. The minimum absolute atomic E-state index is 0.324. The lowest BCUT2D eigenvalue weighted by molar-refractivity contribution is -0.115. The third-order valence-corrected chi connectivity index (χ3v) is 5.54. The molecule has 2 amide bonds. The number of carbonyl (C=O) groups excluding carboxylic acids is 2. The lowest BCUT2D eigenvalue weighted by atomic mass is 10.1. The molecule has 0 aliphatic carbocycles. The van der Waals surface area contributed by atoms with E-state index in [1.54, 1.807) is 30.2 Å². The number of hydrogen-bond acceptors (Lipinski definition) is 6. The fourth-order valence-corrected chi connectivity index (χ4v) is 4.03. The van der Waals surface area contributed by atoms with E-state index in [-0.39, 0.29) is 5.24 Å². The zero-order valence-electron chi connectivity index (χ0n) is 13.8. The summed E-state index contributed by atoms with van der Waals surface area (Å²) in [5, 5.41) is 2.71. The van der Waals surface area contributed by atoms with E-state index in [1.165, 1.54) is 4.90 Å². The molecule has 26 heavy (non-hydrogen) atoms. The molecule has 7 heteroatoms. The fourth-order valence-electron chi connectivity index (χ4n) is 2.71. The molecule has 1 saturated heterocycles. The minimum atomic E-state index is -0.400. The first kappa shape index (κ1) is 16.9. The highest BCUT2D eigenvalue weighted by atomic mass is 32.2. The van der Waals surface area contributed by atoms with E-state index in [9.17, 15) is 9.59 Å². The van der Waals surface area contributed by atoms with Crippen molar-refractivity contribution in [3.8, 4) is 11.1 Å². The molecule has 0 radical (unpaired) electrons. The number of benzene rings is 1. The molecule has 130 valence electrons. The highest BCUT2D eigenvalue weighted by Gasteiger charge is 2.25. The van der Waals surface area contributed by atoms with Crippen LogP contribution in [-0.2, 0) is 4.79 Å². The van der Waals surface area contributed by atoms with Crippen molar-refractivity contribution in [2.45, 2.75) is 11.8 Å². The summed E-state index contributed by atoms with van der Waals surface area (Å²) in [5.74, 6) is 1.14. The van der Waals surface area contributed by atoms with Crippen LogP contribution in [0.15, 0.2) is 56.9 Å². The number of carbonyl (C=O) groups is 2. The normalized spacial score (nSPS) is 15.8. The molecule has 3 heterocycles. The van der Waals surface area contributed by atoms with Gasteiger partial charge in [0.2, 0.25) is 0 Å². The highest BCUT2D eigenvalue weighted by Crippen LogP contribution is 2.33. The average Bonchev–Trinajstić information content (AvgIpc) is 3.18. The monoisotopic (exact) mass is 382 g/mol. The number of imide groups is 1. The van der Waals surface area contributed by atoms with Crippen LogP contribution in [0, 0.1) is 0 Å². The van der Waals surface area contributed by atoms with Crippen LogP contribution < -0.4 is 5.32 Å². The summed E-state index contributed by atoms with van der Waals surface area (Å²) >= 11 is 2.66. The van der Waals surface area contributed by atoms with Crippen molar-refractivity contribution in [1.82, 2.24) is 10.3 Å². The fraction of sp³-hybridized carbons (Fsp3) is 0.105. The van der Waals surface area contributed by atoms with Crippen molar-refractivity contribution in [2.75, 3.05) is 5.75 Å². The maximum Gasteiger partial charge on any atom is 0.290 e. The molecule has 1 N–H and O–H groups in total. The summed E-state index contributed by atoms with van der Waals surface area (Å²) in [6.45, 7) is 2.12. The Morgan fingerprint density at radius 1 is 1.23 bits per heavy atom. The Balaban J connectivity index is 1.73. The zero-order chi connectivity index (χ0) is 18.1. The average molecular weight is 382 g/mol. The quantitative estimate of drug-likeness (QED) is 0.509. The lowest BCUT2D eigenvalue weighted by Gasteiger charge is -2.04. The molecule has 1 aliphatic heterocycles. The number of rotatable bonds is 4. The minimum Gasteiger partial charge on any atom is -0.456 e. The first-order valence-corrected chi connectivity index (χ1v) is 9.80. The van der Waals surface area contributed by atoms with Gasteiger partial charge < -0.3 is 4.42 Å². The van der Waals surface area contributed by atoms with Crippen LogP contribution in [0.2, 0.25) is 0 Å². The molecule has 0 spiro atoms. The summed E-state index contributed by atoms with van der Waals surface area (Å²) in [5.41, 5.74) is 2.61. The number of aromatic nitrogens is 1. The van der Waals surface area contributed by atoms with Gasteiger partial charge in [-0.3, -0.25) is 19.9 Å². The van der Waals surface area contributed by atoms with E-state index >= 15 is 0 Å². The van der Waals surface area contributed by atoms with Gasteiger partial charge in [-0.15, -0.1) is 11.8 Å². The smallest absolute Gasteiger partial charge is 0.290 e. The molecule has 3 aromatic rings. The van der Waals surface area contributed by atoms with Gasteiger partial charge in [0.1, 0.15) is 11.3 Å². The van der Waals surface area contributed by atoms with Crippen molar-refractivity contribution >= 4 is 51.7 Å². The van der Waals surface area contributed by atoms with Gasteiger partial charge in [-0.05, 0) is 41.3 Å². The Kier molecular flexibility index (Phi) is 4.57. The van der Waals surface area contributed by atoms with Crippen molar-refractivity contribution in [3.05, 3.63) is 53.4 Å². The molecule has 5 nitrogen and oxygen atoms in total. The molecule has 0 bridgehead atoms. The Labute approximate surface area is 158 Å². The number of amides is 2. The van der Waals surface area contributed by atoms with Gasteiger partial charge in [0, 0.05) is 34.3 Å². The van der Waals surface area contributed by atoms with E-state index in [2.05, 4.69) is 29.4 Å². The molecule has 0 atom stereocenters. The van der Waals surface area contributed by atoms with E-state index in [4.69, 9.17) is 4.42 Å². The van der Waals surface area contributed by atoms with E-state index < -0.39 is 5.91 Å². The Bertz CT molecular complexity index is 1040. The topological polar surface area (TPSA) is 72.2 Å². The molecule has 1 aliphatic rings. The van der Waals surface area contributed by atoms with Crippen LogP contribution >= 0.6 is 23.5 Å². The zero-order valence-corrected chi connectivity index (χ0v) is 15.4. The number of thioether (sulfide) groups is 2. The molecular formula is C19H14N2O3S2. The van der Waals surface area contributed by atoms with E-state index in [1.807, 2.05) is 18.2 Å². The van der Waals surface area contributed by atoms with Gasteiger partial charge in [0.05, 0.1) is 4.91 Å². The van der Waals surface area contributed by atoms with Crippen LogP contribution in [0.4, 0.5) is 4.79 Å². The van der Waals surface area contributed by atoms with Crippen molar-refractivity contribution in [2.24, 2.45) is 0 Å². The molecule has 4 rings (SSSR count). The summed E-state index contributed by atoms with van der Waals surface area (Å²) in [7, 11) is 0. The van der Waals surface area contributed by atoms with Crippen LogP contribution in [0.5, 0.6) is 0 Å². The number of furan rings is 1. The second-order valence-electron chi connectivity index (χ2n) is 5.56. The number of fused-ring (bicyclic) bond motifs is 1. The first-order chi connectivity index (χ1) is 12.6. The largest absolute Gasteiger partial charge is 0.456 e. The van der Waals surface area contributed by atoms with E-state index in [0.717, 1.165) is 34.0 Å². The molecule has 0 saturated carbocycles. The molecule has 2 aromatic heterocycles. The van der Waals surface area contributed by atoms with Gasteiger partial charge >= 0.3 is 0 Å². The number of pyridine rings is 1. The van der Waals surface area contributed by atoms with Gasteiger partial charge in [0.15, 0.2) is 0 Å². The van der Waals surface area contributed by atoms with Gasteiger partial charge in [-0.1, -0.05) is 19.1 Å². The Morgan fingerprint density at radius 2 is 2.04 bits per heavy atom. The Hall–Kier alpha value is -2.51. The second kappa shape index (κ2) is 7.01. The summed E-state index contributed by atoms with van der Waals surface area (Å²) in [6.07, 6.45) is 5.07. The third-order valence-electron chi connectivity index (χ3n) is 3.83. The van der Waals surface area contributed by atoms with Crippen LogP contribution in [0.1, 0.15) is 12.7 Å². The highest BCUT2D eigenvalue weighted by molar-refractivity contribution is 8.18. The van der Waals surface area contributed by atoms with Gasteiger partial charge in [0.25, 0.3) is 11.1 Å². The van der Waals surface area contributed by atoms with Crippen molar-refractivity contribution < 1.29 is 14.0 Å². The number of nitrogens with one attached hydrogen (secondary N) is 1.